The lowest BCUT2D eigenvalue weighted by molar-refractivity contribution is 0.607. The number of unbranched alkanes of at least 4 members (excludes halogenated alkanes) is 10. The highest BCUT2D eigenvalue weighted by Gasteiger charge is 2.15. The monoisotopic (exact) mass is 1320 g/mol. The maximum atomic E-state index is 3.80. The molecule has 0 heterocycles. The zero-order valence-electron chi connectivity index (χ0n) is 64.4. The van der Waals surface area contributed by atoms with Crippen LogP contribution in [-0.4, -0.2) is 0 Å². The van der Waals surface area contributed by atoms with Crippen LogP contribution in [0.2, 0.25) is 0 Å². The number of aryl methyl sites for hydroxylation is 12. The summed E-state index contributed by atoms with van der Waals surface area (Å²) in [5.74, 6) is 44.6. The molecule has 0 aromatic heterocycles. The Hall–Kier alpha value is -8.10. The predicted octanol–water partition coefficient (Wildman–Crippen LogP) is 25.4. The second-order valence-corrected chi connectivity index (χ2v) is 28.3. The van der Waals surface area contributed by atoms with Crippen molar-refractivity contribution in [1.29, 1.82) is 0 Å². The Balaban J connectivity index is 1.18. The van der Waals surface area contributed by atoms with Crippen LogP contribution in [0.15, 0.2) is 109 Å². The minimum Gasteiger partial charge on any atom is -0.0654 e. The molecule has 0 nitrogen and oxygen atoms in total. The molecule has 0 fully saturated rings. The van der Waals surface area contributed by atoms with Gasteiger partial charge in [0.05, 0.1) is 0 Å². The average molecular weight is 1320 g/mol. The fourth-order valence-electron chi connectivity index (χ4n) is 13.9. The summed E-state index contributed by atoms with van der Waals surface area (Å²) < 4.78 is 0. The molecule has 0 aliphatic rings. The molecule has 522 valence electrons. The van der Waals surface area contributed by atoms with Crippen molar-refractivity contribution >= 4 is 0 Å². The van der Waals surface area contributed by atoms with Crippen LogP contribution in [-0.2, 0) is 77.0 Å². The minimum absolute atomic E-state index is 0.947. The number of hydrogen-bond donors (Lipinski definition) is 0. The molecule has 0 saturated carbocycles. The first-order valence-electron chi connectivity index (χ1n) is 40.1. The largest absolute Gasteiger partial charge is 0.0654 e. The van der Waals surface area contributed by atoms with Gasteiger partial charge in [0.1, 0.15) is 0 Å². The summed E-state index contributed by atoms with van der Waals surface area (Å²) in [4.78, 5) is 0. The van der Waals surface area contributed by atoms with Crippen LogP contribution in [0.4, 0.5) is 0 Å². The molecular weight excluding hydrogens is 1200 g/mol. The van der Waals surface area contributed by atoms with Crippen molar-refractivity contribution in [3.63, 3.8) is 0 Å². The van der Waals surface area contributed by atoms with Crippen LogP contribution >= 0.6 is 0 Å². The van der Waals surface area contributed by atoms with E-state index in [-0.39, 0.29) is 0 Å². The second kappa shape index (κ2) is 44.9. The van der Waals surface area contributed by atoms with E-state index in [1.807, 2.05) is 0 Å². The van der Waals surface area contributed by atoms with E-state index in [0.29, 0.717) is 0 Å². The molecule has 0 aliphatic carbocycles. The van der Waals surface area contributed by atoms with Crippen LogP contribution in [0.25, 0.3) is 0 Å². The molecule has 0 unspecified atom stereocenters. The van der Waals surface area contributed by atoms with Gasteiger partial charge in [-0.25, -0.2) is 0 Å². The molecule has 7 aromatic carbocycles. The molecule has 0 aliphatic heterocycles. The molecule has 0 N–H and O–H groups in total. The summed E-state index contributed by atoms with van der Waals surface area (Å²) in [7, 11) is 0. The van der Waals surface area contributed by atoms with Crippen molar-refractivity contribution in [3.05, 3.63) is 243 Å². The van der Waals surface area contributed by atoms with Crippen LogP contribution < -0.4 is 0 Å². The molecule has 0 amide bonds. The maximum absolute atomic E-state index is 3.80. The van der Waals surface area contributed by atoms with Gasteiger partial charge in [0.2, 0.25) is 0 Å². The molecule has 0 atom stereocenters. The molecule has 0 radical (unpaired) electrons. The molecule has 0 spiro atoms. The molecule has 0 bridgehead atoms. The van der Waals surface area contributed by atoms with E-state index in [0.717, 1.165) is 208 Å². The van der Waals surface area contributed by atoms with Gasteiger partial charge in [0.25, 0.3) is 0 Å². The SMILES string of the molecule is CCCCCCCCc1ccc(C#Cc2cc(CCC)c(C#Cc3cc(CCC)c(C#Cc4cc(CCC)c(C#Cc5cc(CCC)c(C#Cc6cc(CCC)c(C#Cc7ccc(CCCCCCCC)cc7)cc6CCC)cc5CCC)cc4CCC)cc3CCC)cc2CCC)cc1. The molecule has 7 aromatic rings. The van der Waals surface area contributed by atoms with Gasteiger partial charge in [-0.3, -0.25) is 0 Å². The normalized spacial score (nSPS) is 10.7. The third-order valence-corrected chi connectivity index (χ3v) is 19.4. The van der Waals surface area contributed by atoms with Crippen LogP contribution in [0.3, 0.4) is 0 Å². The van der Waals surface area contributed by atoms with Crippen molar-refractivity contribution in [2.45, 2.75) is 301 Å². The fraction of sp³-hybridized carbons (Fsp3) is 0.460. The summed E-state index contributed by atoms with van der Waals surface area (Å²) >= 11 is 0. The van der Waals surface area contributed by atoms with Crippen molar-refractivity contribution in [2.24, 2.45) is 0 Å². The Morgan fingerprint density at radius 2 is 0.320 bits per heavy atom. The summed E-state index contributed by atoms with van der Waals surface area (Å²) in [5, 5.41) is 0. The Kier molecular flexibility index (Phi) is 35.6. The summed E-state index contributed by atoms with van der Waals surface area (Å²) in [6.45, 7) is 27.3. The summed E-state index contributed by atoms with van der Waals surface area (Å²) in [6.07, 6.45) is 38.2. The van der Waals surface area contributed by atoms with Gasteiger partial charge in [-0.15, -0.1) is 0 Å². The van der Waals surface area contributed by atoms with E-state index in [1.54, 1.807) is 0 Å². The first-order valence-corrected chi connectivity index (χ1v) is 40.1. The van der Waals surface area contributed by atoms with Crippen LogP contribution in [0.5, 0.6) is 0 Å². The molecule has 0 heteroatoms. The Bertz CT molecular complexity index is 3850. The van der Waals surface area contributed by atoms with Gasteiger partial charge >= 0.3 is 0 Å². The zero-order chi connectivity index (χ0) is 71.1. The first-order chi connectivity index (χ1) is 49.0. The van der Waals surface area contributed by atoms with Gasteiger partial charge in [0.15, 0.2) is 0 Å². The fourth-order valence-corrected chi connectivity index (χ4v) is 13.9. The maximum Gasteiger partial charge on any atom is 0.0284 e. The Labute approximate surface area is 611 Å². The van der Waals surface area contributed by atoms with E-state index in [4.69, 9.17) is 0 Å². The topological polar surface area (TPSA) is 0 Å². The lowest BCUT2D eigenvalue weighted by atomic mass is 9.91. The summed E-state index contributed by atoms with van der Waals surface area (Å²) in [5.41, 5.74) is 29.2. The van der Waals surface area contributed by atoms with Gasteiger partial charge in [0, 0.05) is 66.8 Å². The van der Waals surface area contributed by atoms with E-state index in [1.165, 1.54) is 144 Å². The molecule has 100 heavy (non-hydrogen) atoms. The Morgan fingerprint density at radius 1 is 0.160 bits per heavy atom. The number of rotatable bonds is 34. The zero-order valence-corrected chi connectivity index (χ0v) is 64.4. The summed E-state index contributed by atoms with van der Waals surface area (Å²) in [6, 6.07) is 41.7. The minimum atomic E-state index is 0.947. The first kappa shape index (κ1) is 79.2. The third-order valence-electron chi connectivity index (χ3n) is 19.4. The standard InChI is InChI=1S/C100H122/c1-13-25-27-29-31-33-45-77-47-51-79(52-48-77)55-57-91-67-83(37-17-5)93(69-81(91)35-15-3)59-61-95-71-87(41-21-9)97(73-85(95)39-19-7)63-65-99-75-90(44-24-12)100(76-89(99)43-23-11)66-64-98-74-86(40-20-8)96(72-88(98)42-22-10)62-60-94-70-82(36-16-4)92(68-84(94)38-18-6)58-56-80-53-49-78(50-54-80)46-34-32-30-28-26-14-2/h47-54,67-76H,13-46H2,1-12H3. The molecule has 0 saturated heterocycles. The highest BCUT2D eigenvalue weighted by molar-refractivity contribution is 5.63. The van der Waals surface area contributed by atoms with E-state index in [9.17, 15) is 0 Å². The molecular formula is C100H122. The smallest absolute Gasteiger partial charge is 0.0284 e. The van der Waals surface area contributed by atoms with Crippen LogP contribution in [0, 0.1) is 71.0 Å². The second-order valence-electron chi connectivity index (χ2n) is 28.3. The van der Waals surface area contributed by atoms with Crippen molar-refractivity contribution in [1.82, 2.24) is 0 Å². The lowest BCUT2D eigenvalue weighted by Crippen LogP contribution is -2.00. The van der Waals surface area contributed by atoms with Crippen molar-refractivity contribution in [3.8, 4) is 71.0 Å². The lowest BCUT2D eigenvalue weighted by Gasteiger charge is -2.13. The highest BCUT2D eigenvalue weighted by Crippen LogP contribution is 2.28. The van der Waals surface area contributed by atoms with E-state index < -0.39 is 0 Å². The van der Waals surface area contributed by atoms with Gasteiger partial charge in [-0.1, -0.05) is 307 Å². The van der Waals surface area contributed by atoms with Gasteiger partial charge in [-0.05, 0) is 242 Å². The number of benzene rings is 7. The van der Waals surface area contributed by atoms with E-state index in [2.05, 4.69) is 263 Å². The Morgan fingerprint density at radius 3 is 0.490 bits per heavy atom. The highest BCUT2D eigenvalue weighted by atomic mass is 14.2. The van der Waals surface area contributed by atoms with Crippen molar-refractivity contribution < 1.29 is 0 Å². The predicted molar refractivity (Wildman–Crippen MR) is 435 cm³/mol. The van der Waals surface area contributed by atoms with Crippen LogP contribution in [0.1, 0.15) is 358 Å². The van der Waals surface area contributed by atoms with Crippen molar-refractivity contribution in [2.75, 3.05) is 0 Å². The van der Waals surface area contributed by atoms with Gasteiger partial charge < -0.3 is 0 Å². The third kappa shape index (κ3) is 25.2. The van der Waals surface area contributed by atoms with E-state index >= 15 is 0 Å². The number of hydrogen-bond acceptors (Lipinski definition) is 0. The average Bonchev–Trinajstić information content (AvgIpc) is 0.832. The van der Waals surface area contributed by atoms with Gasteiger partial charge in [-0.2, -0.15) is 0 Å². The quantitative estimate of drug-likeness (QED) is 0.0279. The molecule has 7 rings (SSSR count).